The molecule has 0 aromatic heterocycles. The highest BCUT2D eigenvalue weighted by molar-refractivity contribution is 5.90. The summed E-state index contributed by atoms with van der Waals surface area (Å²) in [5.74, 6) is -1.11. The summed E-state index contributed by atoms with van der Waals surface area (Å²) in [4.78, 5) is 63.2. The van der Waals surface area contributed by atoms with E-state index in [1.54, 1.807) is 34.0 Å². The van der Waals surface area contributed by atoms with Gasteiger partial charge in [0.15, 0.2) is 23.7 Å². The molecule has 1 saturated carbocycles. The van der Waals surface area contributed by atoms with E-state index in [1.807, 2.05) is 12.1 Å². The fourth-order valence-electron chi connectivity index (χ4n) is 8.35. The fraction of sp³-hybridized carbons (Fsp3) is 0.658. The van der Waals surface area contributed by atoms with E-state index in [-0.39, 0.29) is 30.4 Å². The van der Waals surface area contributed by atoms with Gasteiger partial charge in [0.2, 0.25) is 11.8 Å². The van der Waals surface area contributed by atoms with Crippen molar-refractivity contribution in [3.05, 3.63) is 35.1 Å². The number of amides is 3. The van der Waals surface area contributed by atoms with Gasteiger partial charge in [-0.05, 0) is 109 Å². The number of hydrogen-bond acceptors (Lipinski definition) is 11. The molecule has 1 aromatic rings. The molecule has 1 fully saturated rings. The molecule has 0 radical (unpaired) electrons. The van der Waals surface area contributed by atoms with Gasteiger partial charge in [0.05, 0.1) is 18.1 Å². The third-order valence-electron chi connectivity index (χ3n) is 10.8. The first-order valence-corrected chi connectivity index (χ1v) is 18.2. The van der Waals surface area contributed by atoms with Gasteiger partial charge in [0.25, 0.3) is 0 Å². The van der Waals surface area contributed by atoms with Crippen molar-refractivity contribution in [2.75, 3.05) is 13.7 Å². The number of carbonyl (C=O) groups is 5. The number of methoxy groups -OCH3 is 1. The van der Waals surface area contributed by atoms with Crippen LogP contribution in [0.3, 0.4) is 0 Å². The Bertz CT molecular complexity index is 1620. The lowest BCUT2D eigenvalue weighted by atomic mass is 9.45. The molecule has 5 rings (SSSR count). The van der Waals surface area contributed by atoms with Crippen molar-refractivity contribution < 1.29 is 52.8 Å². The van der Waals surface area contributed by atoms with E-state index in [9.17, 15) is 29.1 Å². The molecular formula is C38H53N3O11. The molecule has 3 aliphatic carbocycles. The first-order chi connectivity index (χ1) is 24.4. The number of unbranched alkanes of at least 4 members (excludes halogenated alkanes) is 1. The zero-order valence-electron chi connectivity index (χ0n) is 31.4. The first kappa shape index (κ1) is 38.9. The van der Waals surface area contributed by atoms with Gasteiger partial charge in [-0.1, -0.05) is 13.0 Å². The van der Waals surface area contributed by atoms with E-state index in [4.69, 9.17) is 23.7 Å². The molecule has 4 aliphatic rings. The van der Waals surface area contributed by atoms with Crippen molar-refractivity contribution in [3.63, 3.8) is 0 Å². The largest absolute Gasteiger partial charge is 0.493 e. The maximum atomic E-state index is 13.4. The summed E-state index contributed by atoms with van der Waals surface area (Å²) in [7, 11) is 1.56. The van der Waals surface area contributed by atoms with E-state index in [0.29, 0.717) is 43.7 Å². The SMILES string of the molecule is COc1ccc2c3c1O[C@H]1C(OC(=O)[C@H](C)OC(=O)[C@H](C)NC(=O)[C@H](CCCCNC(=O)OC(C)(C)C)NC(C)=O)=CC[C@@]4(O)[C@@H](C2)C(C)CC[C@]314. The maximum absolute atomic E-state index is 13.4. The summed E-state index contributed by atoms with van der Waals surface area (Å²) in [5.41, 5.74) is -0.540. The van der Waals surface area contributed by atoms with Crippen LogP contribution in [0, 0.1) is 11.8 Å². The van der Waals surface area contributed by atoms with Gasteiger partial charge in [0, 0.05) is 19.0 Å². The second-order valence-corrected chi connectivity index (χ2v) is 15.6. The van der Waals surface area contributed by atoms with Crippen LogP contribution in [0.4, 0.5) is 4.79 Å². The van der Waals surface area contributed by atoms with Crippen LogP contribution in [-0.2, 0) is 45.2 Å². The highest BCUT2D eigenvalue weighted by atomic mass is 16.6. The Morgan fingerprint density at radius 1 is 1.08 bits per heavy atom. The van der Waals surface area contributed by atoms with Crippen LogP contribution in [0.25, 0.3) is 0 Å². The molecule has 1 unspecified atom stereocenters. The Balaban J connectivity index is 1.18. The third kappa shape index (κ3) is 7.44. The number of nitrogens with one attached hydrogen (secondary N) is 3. The number of hydrogen-bond donors (Lipinski definition) is 4. The van der Waals surface area contributed by atoms with Gasteiger partial charge >= 0.3 is 18.0 Å². The number of ether oxygens (including phenoxy) is 5. The van der Waals surface area contributed by atoms with Crippen molar-refractivity contribution in [3.8, 4) is 11.5 Å². The van der Waals surface area contributed by atoms with Crippen molar-refractivity contribution in [1.29, 1.82) is 0 Å². The number of aliphatic hydroxyl groups is 1. The Morgan fingerprint density at radius 2 is 1.81 bits per heavy atom. The van der Waals surface area contributed by atoms with E-state index in [2.05, 4.69) is 22.9 Å². The molecule has 1 spiro atoms. The molecule has 8 atom stereocenters. The van der Waals surface area contributed by atoms with Gasteiger partial charge in [-0.15, -0.1) is 0 Å². The minimum absolute atomic E-state index is 0.00400. The van der Waals surface area contributed by atoms with Crippen LogP contribution in [0.15, 0.2) is 24.0 Å². The second-order valence-electron chi connectivity index (χ2n) is 15.6. The van der Waals surface area contributed by atoms with Crippen LogP contribution in [0.2, 0.25) is 0 Å². The molecule has 2 bridgehead atoms. The molecule has 4 N–H and O–H groups in total. The summed E-state index contributed by atoms with van der Waals surface area (Å²) < 4.78 is 28.7. The zero-order valence-corrected chi connectivity index (χ0v) is 31.4. The monoisotopic (exact) mass is 727 g/mol. The average Bonchev–Trinajstić information content (AvgIpc) is 3.41. The molecular weight excluding hydrogens is 674 g/mol. The normalized spacial score (nSPS) is 26.9. The average molecular weight is 728 g/mol. The smallest absolute Gasteiger partial charge is 0.407 e. The molecule has 1 aromatic carbocycles. The highest BCUT2D eigenvalue weighted by Gasteiger charge is 2.72. The van der Waals surface area contributed by atoms with Crippen LogP contribution in [-0.4, -0.2) is 84.1 Å². The molecule has 52 heavy (non-hydrogen) atoms. The van der Waals surface area contributed by atoms with Gasteiger partial charge in [-0.3, -0.25) is 9.59 Å². The second kappa shape index (κ2) is 15.0. The van der Waals surface area contributed by atoms with E-state index >= 15 is 0 Å². The molecule has 14 heteroatoms. The molecule has 286 valence electrons. The topological polar surface area (TPSA) is 188 Å². The molecule has 1 aliphatic heterocycles. The molecule has 3 amide bonds. The number of rotatable bonds is 13. The van der Waals surface area contributed by atoms with Crippen LogP contribution in [0.1, 0.15) is 98.1 Å². The Kier molecular flexibility index (Phi) is 11.2. The predicted molar refractivity (Wildman–Crippen MR) is 187 cm³/mol. The Morgan fingerprint density at radius 3 is 2.48 bits per heavy atom. The first-order valence-electron chi connectivity index (χ1n) is 18.2. The quantitative estimate of drug-likeness (QED) is 0.132. The lowest BCUT2D eigenvalue weighted by Crippen LogP contribution is -2.69. The van der Waals surface area contributed by atoms with Crippen molar-refractivity contribution in [1.82, 2.24) is 16.0 Å². The van der Waals surface area contributed by atoms with Gasteiger partial charge in [0.1, 0.15) is 23.4 Å². The summed E-state index contributed by atoms with van der Waals surface area (Å²) in [6.45, 7) is 11.8. The number of esters is 2. The van der Waals surface area contributed by atoms with Gasteiger partial charge < -0.3 is 44.7 Å². The minimum Gasteiger partial charge on any atom is -0.493 e. The van der Waals surface area contributed by atoms with Crippen molar-refractivity contribution >= 4 is 29.8 Å². The Hall–Kier alpha value is -4.33. The Labute approximate surface area is 304 Å². The third-order valence-corrected chi connectivity index (χ3v) is 10.8. The summed E-state index contributed by atoms with van der Waals surface area (Å²) >= 11 is 0. The predicted octanol–water partition coefficient (Wildman–Crippen LogP) is 3.49. The van der Waals surface area contributed by atoms with E-state index in [0.717, 1.165) is 17.5 Å². The van der Waals surface area contributed by atoms with E-state index < -0.39 is 70.8 Å². The van der Waals surface area contributed by atoms with Crippen LogP contribution in [0.5, 0.6) is 11.5 Å². The molecule has 14 nitrogen and oxygen atoms in total. The summed E-state index contributed by atoms with van der Waals surface area (Å²) in [5, 5.41) is 20.2. The zero-order chi connectivity index (χ0) is 38.2. The number of alkyl carbamates (subject to hydrolysis) is 1. The number of carbonyl (C=O) groups excluding carboxylic acids is 5. The lowest BCUT2D eigenvalue weighted by Gasteiger charge is -2.61. The fourth-order valence-corrected chi connectivity index (χ4v) is 8.35. The van der Waals surface area contributed by atoms with Crippen molar-refractivity contribution in [2.24, 2.45) is 11.8 Å². The van der Waals surface area contributed by atoms with Gasteiger partial charge in [-0.2, -0.15) is 0 Å². The summed E-state index contributed by atoms with van der Waals surface area (Å²) in [6, 6.07) is 1.81. The maximum Gasteiger partial charge on any atom is 0.407 e. The molecule has 1 heterocycles. The minimum atomic E-state index is -1.34. The summed E-state index contributed by atoms with van der Waals surface area (Å²) in [6.07, 6.45) is 2.78. The van der Waals surface area contributed by atoms with E-state index in [1.165, 1.54) is 20.8 Å². The van der Waals surface area contributed by atoms with Crippen LogP contribution < -0.4 is 25.4 Å². The van der Waals surface area contributed by atoms with Crippen molar-refractivity contribution in [2.45, 2.75) is 134 Å². The van der Waals surface area contributed by atoms with Gasteiger partial charge in [-0.25, -0.2) is 14.4 Å². The lowest BCUT2D eigenvalue weighted by molar-refractivity contribution is -0.176. The van der Waals surface area contributed by atoms with Crippen LogP contribution >= 0.6 is 0 Å². The highest BCUT2D eigenvalue weighted by Crippen LogP contribution is 2.68. The molecule has 0 saturated heterocycles. The standard InChI is InChI=1S/C38H53N3O11/c1-20-14-16-37-29-24-12-13-27(48-8)30(29)51-31(37)28(15-17-38(37,47)25(20)19-24)50-34(45)22(3)49-33(44)21(2)40-32(43)26(41-23(4)42)11-9-10-18-39-35(46)52-36(5,6)7/h12-13,15,20-22,25-26,31,47H,9-11,14,16-19H2,1-8H3,(H,39,46)(H,40,43)(H,41,42)/t20?,21-,22-,25-,26-,31-,37-,38+/m0/s1. The number of benzene rings is 1.